The molecule has 2 atom stereocenters. The summed E-state index contributed by atoms with van der Waals surface area (Å²) in [5.41, 5.74) is 2.75. The van der Waals surface area contributed by atoms with Gasteiger partial charge in [0.1, 0.15) is 0 Å². The molecule has 2 unspecified atom stereocenters. The SMILES string of the molecule is CC(C)C.CCC1(C)CC(NC(=O)NN)CC(C)(C)C1. The lowest BCUT2D eigenvalue weighted by Crippen LogP contribution is -2.50. The lowest BCUT2D eigenvalue weighted by atomic mass is 9.62. The number of hydrogen-bond donors (Lipinski definition) is 3. The minimum atomic E-state index is -0.277. The zero-order valence-corrected chi connectivity index (χ0v) is 14.5. The minimum absolute atomic E-state index is 0.234. The molecule has 1 saturated carbocycles. The number of carbonyl (C=O) groups is 1. The molecule has 0 bridgehead atoms. The largest absolute Gasteiger partial charge is 0.334 e. The maximum atomic E-state index is 11.2. The quantitative estimate of drug-likeness (QED) is 0.410. The second kappa shape index (κ2) is 7.87. The van der Waals surface area contributed by atoms with Crippen molar-refractivity contribution in [2.45, 2.75) is 80.2 Å². The molecule has 0 spiro atoms. The van der Waals surface area contributed by atoms with Crippen LogP contribution in [-0.4, -0.2) is 12.1 Å². The lowest BCUT2D eigenvalue weighted by Gasteiger charge is -2.46. The number of nitrogens with two attached hydrogens (primary N) is 1. The molecule has 4 nitrogen and oxygen atoms in total. The van der Waals surface area contributed by atoms with E-state index in [4.69, 9.17) is 5.84 Å². The van der Waals surface area contributed by atoms with Crippen molar-refractivity contribution < 1.29 is 4.79 Å². The lowest BCUT2D eigenvalue weighted by molar-refractivity contribution is 0.0709. The van der Waals surface area contributed by atoms with E-state index in [0.717, 1.165) is 25.2 Å². The number of hydrazine groups is 1. The molecule has 2 amide bonds. The Morgan fingerprint density at radius 3 is 2.15 bits per heavy atom. The van der Waals surface area contributed by atoms with Crippen LogP contribution in [0.25, 0.3) is 0 Å². The third-order valence-electron chi connectivity index (χ3n) is 3.76. The first kappa shape index (κ1) is 19.2. The molecule has 4 N–H and O–H groups in total. The topological polar surface area (TPSA) is 67.2 Å². The van der Waals surface area contributed by atoms with Crippen molar-refractivity contribution >= 4 is 6.03 Å². The molecule has 0 heterocycles. The first-order valence-corrected chi connectivity index (χ1v) is 7.80. The summed E-state index contributed by atoms with van der Waals surface area (Å²) in [6.45, 7) is 15.6. The Morgan fingerprint density at radius 2 is 1.75 bits per heavy atom. The van der Waals surface area contributed by atoms with Gasteiger partial charge in [0.2, 0.25) is 0 Å². The molecule has 1 aliphatic carbocycles. The monoisotopic (exact) mass is 285 g/mol. The number of urea groups is 1. The Hall–Kier alpha value is -0.770. The van der Waals surface area contributed by atoms with Crippen molar-refractivity contribution in [2.75, 3.05) is 0 Å². The number of amides is 2. The van der Waals surface area contributed by atoms with E-state index < -0.39 is 0 Å². The van der Waals surface area contributed by atoms with Crippen molar-refractivity contribution in [3.8, 4) is 0 Å². The van der Waals surface area contributed by atoms with Gasteiger partial charge in [0, 0.05) is 6.04 Å². The van der Waals surface area contributed by atoms with E-state index in [1.54, 1.807) is 0 Å². The van der Waals surface area contributed by atoms with Crippen LogP contribution in [0.1, 0.15) is 74.1 Å². The second-order valence-electron chi connectivity index (χ2n) is 7.96. The maximum Gasteiger partial charge on any atom is 0.329 e. The van der Waals surface area contributed by atoms with Crippen LogP contribution < -0.4 is 16.6 Å². The van der Waals surface area contributed by atoms with Gasteiger partial charge >= 0.3 is 6.03 Å². The third-order valence-corrected chi connectivity index (χ3v) is 3.76. The van der Waals surface area contributed by atoms with Crippen LogP contribution >= 0.6 is 0 Å². The molecule has 0 aromatic rings. The number of carbonyl (C=O) groups excluding carboxylic acids is 1. The van der Waals surface area contributed by atoms with Crippen LogP contribution in [-0.2, 0) is 0 Å². The van der Waals surface area contributed by atoms with E-state index in [-0.39, 0.29) is 17.5 Å². The second-order valence-corrected chi connectivity index (χ2v) is 7.96. The smallest absolute Gasteiger partial charge is 0.329 e. The van der Waals surface area contributed by atoms with Gasteiger partial charge in [0.05, 0.1) is 0 Å². The molecular formula is C16H35N3O. The van der Waals surface area contributed by atoms with Gasteiger partial charge in [-0.3, -0.25) is 5.43 Å². The third kappa shape index (κ3) is 7.73. The van der Waals surface area contributed by atoms with Crippen molar-refractivity contribution in [3.63, 3.8) is 0 Å². The summed E-state index contributed by atoms with van der Waals surface area (Å²) in [6.07, 6.45) is 4.44. The Morgan fingerprint density at radius 1 is 1.25 bits per heavy atom. The summed E-state index contributed by atoms with van der Waals surface area (Å²) in [5.74, 6) is 5.93. The summed E-state index contributed by atoms with van der Waals surface area (Å²) in [7, 11) is 0. The number of rotatable bonds is 2. The summed E-state index contributed by atoms with van der Waals surface area (Å²) in [5, 5.41) is 2.94. The van der Waals surface area contributed by atoms with Crippen molar-refractivity contribution in [1.29, 1.82) is 0 Å². The van der Waals surface area contributed by atoms with Crippen LogP contribution in [0, 0.1) is 16.7 Å². The summed E-state index contributed by atoms with van der Waals surface area (Å²) in [6, 6.07) is -0.0431. The number of hydrogen-bond acceptors (Lipinski definition) is 2. The minimum Gasteiger partial charge on any atom is -0.334 e. The molecule has 1 rings (SSSR count). The van der Waals surface area contributed by atoms with Crippen molar-refractivity contribution in [1.82, 2.24) is 10.7 Å². The van der Waals surface area contributed by atoms with Crippen LogP contribution in [0.15, 0.2) is 0 Å². The Kier molecular flexibility index (Phi) is 7.56. The van der Waals surface area contributed by atoms with E-state index in [2.05, 4.69) is 59.2 Å². The van der Waals surface area contributed by atoms with Gasteiger partial charge in [-0.25, -0.2) is 10.6 Å². The van der Waals surface area contributed by atoms with Gasteiger partial charge in [-0.05, 0) is 36.0 Å². The van der Waals surface area contributed by atoms with Crippen LogP contribution in [0.4, 0.5) is 4.79 Å². The molecule has 1 aliphatic rings. The molecule has 20 heavy (non-hydrogen) atoms. The first-order valence-electron chi connectivity index (χ1n) is 7.80. The fraction of sp³-hybridized carbons (Fsp3) is 0.938. The molecule has 0 aliphatic heterocycles. The van der Waals surface area contributed by atoms with Crippen molar-refractivity contribution in [2.24, 2.45) is 22.6 Å². The number of nitrogens with one attached hydrogen (secondary N) is 2. The van der Waals surface area contributed by atoms with Crippen LogP contribution in [0.5, 0.6) is 0 Å². The molecule has 4 heteroatoms. The summed E-state index contributed by atoms with van der Waals surface area (Å²) >= 11 is 0. The highest BCUT2D eigenvalue weighted by atomic mass is 16.2. The fourth-order valence-electron chi connectivity index (χ4n) is 3.23. The highest BCUT2D eigenvalue weighted by Gasteiger charge is 2.40. The van der Waals surface area contributed by atoms with Gasteiger partial charge < -0.3 is 5.32 Å². The zero-order valence-electron chi connectivity index (χ0n) is 14.5. The molecule has 1 fully saturated rings. The maximum absolute atomic E-state index is 11.2. The van der Waals surface area contributed by atoms with Gasteiger partial charge in [0.25, 0.3) is 0 Å². The van der Waals surface area contributed by atoms with E-state index >= 15 is 0 Å². The Labute approximate surface area is 125 Å². The van der Waals surface area contributed by atoms with Crippen LogP contribution in [0.3, 0.4) is 0 Å². The average Bonchev–Trinajstić information content (AvgIpc) is 2.25. The zero-order chi connectivity index (χ0) is 16.0. The normalized spacial score (nSPS) is 28.4. The highest BCUT2D eigenvalue weighted by Crippen LogP contribution is 2.47. The molecule has 0 radical (unpaired) electrons. The van der Waals surface area contributed by atoms with E-state index in [0.29, 0.717) is 5.41 Å². The first-order chi connectivity index (χ1) is 9.03. The van der Waals surface area contributed by atoms with Gasteiger partial charge in [-0.1, -0.05) is 54.9 Å². The molecule has 120 valence electrons. The molecule has 0 aromatic carbocycles. The highest BCUT2D eigenvalue weighted by molar-refractivity contribution is 5.73. The van der Waals surface area contributed by atoms with Crippen LogP contribution in [0.2, 0.25) is 0 Å². The predicted octanol–water partition coefficient (Wildman–Crippen LogP) is 3.82. The Balaban J connectivity index is 0.000000796. The molecule has 0 saturated heterocycles. The van der Waals surface area contributed by atoms with Gasteiger partial charge in [0.15, 0.2) is 0 Å². The molecule has 0 aromatic heterocycles. The van der Waals surface area contributed by atoms with Gasteiger partial charge in [-0.2, -0.15) is 0 Å². The summed E-state index contributed by atoms with van der Waals surface area (Å²) in [4.78, 5) is 11.2. The van der Waals surface area contributed by atoms with E-state index in [1.165, 1.54) is 6.42 Å². The predicted molar refractivity (Wildman–Crippen MR) is 86.2 cm³/mol. The fourth-order valence-corrected chi connectivity index (χ4v) is 3.23. The summed E-state index contributed by atoms with van der Waals surface area (Å²) < 4.78 is 0. The van der Waals surface area contributed by atoms with E-state index in [9.17, 15) is 4.79 Å². The average molecular weight is 285 g/mol. The van der Waals surface area contributed by atoms with Gasteiger partial charge in [-0.15, -0.1) is 0 Å². The molecular weight excluding hydrogens is 250 g/mol. The standard InChI is InChI=1S/C12H25N3O.C4H10/c1-5-12(4)7-9(14-10(16)15-13)6-11(2,3)8-12;1-4(2)3/h9H,5-8,13H2,1-4H3,(H2,14,15,16);4H,1-3H3. The Bertz CT molecular complexity index is 299. The van der Waals surface area contributed by atoms with Crippen molar-refractivity contribution in [3.05, 3.63) is 0 Å². The van der Waals surface area contributed by atoms with E-state index in [1.807, 2.05) is 0 Å².